The summed E-state index contributed by atoms with van der Waals surface area (Å²) in [5.41, 5.74) is 5.75. The Morgan fingerprint density at radius 1 is 1.45 bits per heavy atom. The number of ether oxygens (including phenoxy) is 1. The molecule has 1 amide bonds. The van der Waals surface area contributed by atoms with Gasteiger partial charge < -0.3 is 20.5 Å². The number of aliphatic hydroxyl groups is 1. The highest BCUT2D eigenvalue weighted by Gasteiger charge is 2.29. The molecule has 0 aromatic rings. The number of nitrogens with zero attached hydrogens (tertiary/aromatic N) is 2. The van der Waals surface area contributed by atoms with Gasteiger partial charge in [0.05, 0.1) is 12.7 Å². The van der Waals surface area contributed by atoms with E-state index >= 15 is 0 Å². The maximum absolute atomic E-state index is 12.0. The van der Waals surface area contributed by atoms with Crippen LogP contribution in [-0.2, 0) is 9.53 Å². The quantitative estimate of drug-likeness (QED) is 0.724. The van der Waals surface area contributed by atoms with Crippen molar-refractivity contribution in [2.24, 2.45) is 5.73 Å². The molecule has 0 aliphatic carbocycles. The standard InChI is InChI=1S/C12H25N3O3.2ClH/c1-9-6-15(12(17)11(13)8-18-3)5-4-14(9)7-10(2)16;;/h9-11,16H,4-8,13H2,1-3H3;2*1H. The maximum Gasteiger partial charge on any atom is 0.241 e. The second-order valence-corrected chi connectivity index (χ2v) is 5.04. The summed E-state index contributed by atoms with van der Waals surface area (Å²) in [7, 11) is 1.54. The highest BCUT2D eigenvalue weighted by molar-refractivity contribution is 5.85. The van der Waals surface area contributed by atoms with Gasteiger partial charge in [0, 0.05) is 39.3 Å². The largest absolute Gasteiger partial charge is 0.392 e. The molecule has 122 valence electrons. The zero-order valence-electron chi connectivity index (χ0n) is 12.3. The van der Waals surface area contributed by atoms with Gasteiger partial charge in [-0.2, -0.15) is 0 Å². The van der Waals surface area contributed by atoms with Crippen LogP contribution in [0.1, 0.15) is 13.8 Å². The van der Waals surface area contributed by atoms with E-state index in [1.807, 2.05) is 0 Å². The highest BCUT2D eigenvalue weighted by atomic mass is 35.5. The molecule has 1 fully saturated rings. The number of rotatable bonds is 5. The molecule has 0 aromatic heterocycles. The van der Waals surface area contributed by atoms with E-state index in [1.54, 1.807) is 11.8 Å². The van der Waals surface area contributed by atoms with Crippen molar-refractivity contribution in [3.63, 3.8) is 0 Å². The Kier molecular flexibility index (Phi) is 11.7. The highest BCUT2D eigenvalue weighted by Crippen LogP contribution is 2.11. The van der Waals surface area contributed by atoms with E-state index in [1.165, 1.54) is 7.11 Å². The lowest BCUT2D eigenvalue weighted by Crippen LogP contribution is -2.58. The predicted octanol–water partition coefficient (Wildman–Crippen LogP) is -0.283. The molecule has 1 aliphatic heterocycles. The molecular weight excluding hydrogens is 305 g/mol. The molecule has 3 N–H and O–H groups in total. The van der Waals surface area contributed by atoms with Crippen molar-refractivity contribution < 1.29 is 14.6 Å². The second kappa shape index (κ2) is 10.6. The van der Waals surface area contributed by atoms with Gasteiger partial charge in [-0.3, -0.25) is 9.69 Å². The van der Waals surface area contributed by atoms with Crippen LogP contribution in [-0.4, -0.2) is 78.9 Å². The van der Waals surface area contributed by atoms with Crippen LogP contribution in [0.4, 0.5) is 0 Å². The molecule has 6 nitrogen and oxygen atoms in total. The average molecular weight is 332 g/mol. The molecule has 20 heavy (non-hydrogen) atoms. The Balaban J connectivity index is 0. The number of hydrogen-bond donors (Lipinski definition) is 2. The minimum Gasteiger partial charge on any atom is -0.392 e. The first kappa shape index (κ1) is 22.2. The normalized spacial score (nSPS) is 22.4. The number of β-amino-alcohol motifs (C(OH)–C–C–N with tert-alkyl or cyclic N) is 1. The second-order valence-electron chi connectivity index (χ2n) is 5.04. The first-order chi connectivity index (χ1) is 8.45. The zero-order chi connectivity index (χ0) is 13.7. The van der Waals surface area contributed by atoms with Gasteiger partial charge in [0.2, 0.25) is 5.91 Å². The third kappa shape index (κ3) is 6.56. The molecule has 1 rings (SSSR count). The number of carbonyl (C=O) groups is 1. The lowest BCUT2D eigenvalue weighted by molar-refractivity contribution is -0.136. The van der Waals surface area contributed by atoms with E-state index in [-0.39, 0.29) is 49.5 Å². The van der Waals surface area contributed by atoms with Crippen LogP contribution in [0.25, 0.3) is 0 Å². The van der Waals surface area contributed by atoms with Gasteiger partial charge in [0.1, 0.15) is 6.04 Å². The smallest absolute Gasteiger partial charge is 0.241 e. The molecule has 0 aromatic carbocycles. The summed E-state index contributed by atoms with van der Waals surface area (Å²) >= 11 is 0. The van der Waals surface area contributed by atoms with Gasteiger partial charge in [0.25, 0.3) is 0 Å². The van der Waals surface area contributed by atoms with Crippen LogP contribution in [0.15, 0.2) is 0 Å². The van der Waals surface area contributed by atoms with Gasteiger partial charge in [0.15, 0.2) is 0 Å². The molecule has 0 spiro atoms. The summed E-state index contributed by atoms with van der Waals surface area (Å²) in [4.78, 5) is 16.0. The Bertz CT molecular complexity index is 283. The molecule has 1 heterocycles. The van der Waals surface area contributed by atoms with Gasteiger partial charge in [-0.15, -0.1) is 24.8 Å². The third-order valence-corrected chi connectivity index (χ3v) is 3.24. The average Bonchev–Trinajstić information content (AvgIpc) is 2.30. The Morgan fingerprint density at radius 2 is 2.05 bits per heavy atom. The van der Waals surface area contributed by atoms with Crippen molar-refractivity contribution in [2.45, 2.75) is 32.0 Å². The summed E-state index contributed by atoms with van der Waals surface area (Å²) in [5.74, 6) is -0.0552. The summed E-state index contributed by atoms with van der Waals surface area (Å²) in [6.45, 7) is 6.82. The Labute approximate surface area is 133 Å². The van der Waals surface area contributed by atoms with E-state index in [4.69, 9.17) is 10.5 Å². The van der Waals surface area contributed by atoms with E-state index in [2.05, 4.69) is 11.8 Å². The fourth-order valence-electron chi connectivity index (χ4n) is 2.29. The van der Waals surface area contributed by atoms with Crippen molar-refractivity contribution in [2.75, 3.05) is 39.9 Å². The van der Waals surface area contributed by atoms with Crippen LogP contribution in [0, 0.1) is 0 Å². The number of halogens is 2. The van der Waals surface area contributed by atoms with Crippen molar-refractivity contribution in [3.05, 3.63) is 0 Å². The topological polar surface area (TPSA) is 79.0 Å². The fraction of sp³-hybridized carbons (Fsp3) is 0.917. The molecule has 0 bridgehead atoms. The van der Waals surface area contributed by atoms with E-state index in [0.717, 1.165) is 6.54 Å². The molecular formula is C12H27Cl2N3O3. The zero-order valence-corrected chi connectivity index (χ0v) is 14.0. The maximum atomic E-state index is 12.0. The Hall–Kier alpha value is -0.110. The number of carbonyl (C=O) groups excluding carboxylic acids is 1. The van der Waals surface area contributed by atoms with Gasteiger partial charge >= 0.3 is 0 Å². The summed E-state index contributed by atoms with van der Waals surface area (Å²) in [6.07, 6.45) is -0.342. The Morgan fingerprint density at radius 3 is 2.50 bits per heavy atom. The first-order valence-corrected chi connectivity index (χ1v) is 6.41. The molecule has 3 unspecified atom stereocenters. The van der Waals surface area contributed by atoms with Crippen LogP contribution in [0.3, 0.4) is 0 Å². The first-order valence-electron chi connectivity index (χ1n) is 6.41. The van der Waals surface area contributed by atoms with Crippen molar-refractivity contribution in [1.82, 2.24) is 9.80 Å². The minimum absolute atomic E-state index is 0. The van der Waals surface area contributed by atoms with Gasteiger partial charge in [-0.05, 0) is 13.8 Å². The van der Waals surface area contributed by atoms with Crippen molar-refractivity contribution >= 4 is 30.7 Å². The summed E-state index contributed by atoms with van der Waals surface area (Å²) in [5, 5.41) is 9.40. The lowest BCUT2D eigenvalue weighted by Gasteiger charge is -2.41. The number of hydrogen-bond acceptors (Lipinski definition) is 5. The number of nitrogens with two attached hydrogens (primary N) is 1. The molecule has 3 atom stereocenters. The molecule has 8 heteroatoms. The third-order valence-electron chi connectivity index (χ3n) is 3.24. The van der Waals surface area contributed by atoms with Crippen LogP contribution >= 0.6 is 24.8 Å². The predicted molar refractivity (Wildman–Crippen MR) is 83.6 cm³/mol. The van der Waals surface area contributed by atoms with Crippen LogP contribution in [0.5, 0.6) is 0 Å². The van der Waals surface area contributed by atoms with Gasteiger partial charge in [-0.1, -0.05) is 0 Å². The fourth-order valence-corrected chi connectivity index (χ4v) is 2.29. The van der Waals surface area contributed by atoms with Crippen LogP contribution in [0.2, 0.25) is 0 Å². The number of methoxy groups -OCH3 is 1. The van der Waals surface area contributed by atoms with E-state index < -0.39 is 6.04 Å². The van der Waals surface area contributed by atoms with Crippen molar-refractivity contribution in [1.29, 1.82) is 0 Å². The summed E-state index contributed by atoms with van der Waals surface area (Å²) in [6, 6.07) is -0.336. The molecule has 0 radical (unpaired) electrons. The van der Waals surface area contributed by atoms with Crippen molar-refractivity contribution in [3.8, 4) is 0 Å². The number of piperazine rings is 1. The number of amides is 1. The van der Waals surface area contributed by atoms with E-state index in [9.17, 15) is 9.90 Å². The summed E-state index contributed by atoms with van der Waals surface area (Å²) < 4.78 is 4.90. The monoisotopic (exact) mass is 331 g/mol. The molecule has 1 aliphatic rings. The molecule has 1 saturated heterocycles. The van der Waals surface area contributed by atoms with E-state index in [0.29, 0.717) is 19.6 Å². The van der Waals surface area contributed by atoms with Gasteiger partial charge in [-0.25, -0.2) is 0 Å². The SMILES string of the molecule is COCC(N)C(=O)N1CCN(CC(C)O)C(C)C1.Cl.Cl. The van der Waals surface area contributed by atoms with Crippen LogP contribution < -0.4 is 5.73 Å². The number of aliphatic hydroxyl groups excluding tert-OH is 1. The molecule has 0 saturated carbocycles. The minimum atomic E-state index is -0.578. The lowest BCUT2D eigenvalue weighted by atomic mass is 10.1.